The van der Waals surface area contributed by atoms with Gasteiger partial charge in [0.15, 0.2) is 0 Å². The molecule has 0 radical (unpaired) electrons. The quantitative estimate of drug-likeness (QED) is 0.891. The van der Waals surface area contributed by atoms with Gasteiger partial charge in [-0.3, -0.25) is 0 Å². The summed E-state index contributed by atoms with van der Waals surface area (Å²) in [4.78, 5) is 2.33. The maximum absolute atomic E-state index is 13.4. The summed E-state index contributed by atoms with van der Waals surface area (Å²) in [6.45, 7) is 3.14. The number of rotatable bonds is 3. The van der Waals surface area contributed by atoms with Crippen LogP contribution in [0.4, 0.5) is 10.1 Å². The number of anilines is 1. The van der Waals surface area contributed by atoms with Crippen LogP contribution in [-0.4, -0.2) is 31.6 Å². The second-order valence-corrected chi connectivity index (χ2v) is 4.93. The van der Waals surface area contributed by atoms with Gasteiger partial charge in [0.05, 0.1) is 5.56 Å². The van der Waals surface area contributed by atoms with Gasteiger partial charge in [-0.2, -0.15) is 5.26 Å². The van der Waals surface area contributed by atoms with Crippen molar-refractivity contribution in [2.45, 2.75) is 12.8 Å². The Hall–Kier alpha value is -1.60. The highest BCUT2D eigenvalue weighted by molar-refractivity contribution is 5.48. The van der Waals surface area contributed by atoms with Crippen LogP contribution in [0.15, 0.2) is 18.2 Å². The number of benzene rings is 1. The second kappa shape index (κ2) is 5.83. The largest absolute Gasteiger partial charge is 0.385 e. The molecule has 3 nitrogen and oxygen atoms in total. The smallest absolute Gasteiger partial charge is 0.143 e. The van der Waals surface area contributed by atoms with Crippen molar-refractivity contribution < 1.29 is 4.39 Å². The van der Waals surface area contributed by atoms with E-state index in [2.05, 4.69) is 17.3 Å². The molecule has 96 valence electrons. The van der Waals surface area contributed by atoms with Crippen molar-refractivity contribution in [3.05, 3.63) is 29.6 Å². The molecule has 1 aromatic rings. The number of nitrogens with one attached hydrogen (secondary N) is 1. The molecule has 1 N–H and O–H groups in total. The van der Waals surface area contributed by atoms with Gasteiger partial charge in [0, 0.05) is 12.2 Å². The highest BCUT2D eigenvalue weighted by Gasteiger charge is 2.16. The third kappa shape index (κ3) is 3.21. The van der Waals surface area contributed by atoms with Crippen molar-refractivity contribution in [1.82, 2.24) is 4.90 Å². The third-order valence-corrected chi connectivity index (χ3v) is 3.52. The first-order valence-corrected chi connectivity index (χ1v) is 6.31. The minimum atomic E-state index is -0.453. The zero-order valence-corrected chi connectivity index (χ0v) is 10.6. The van der Waals surface area contributed by atoms with Crippen molar-refractivity contribution in [2.24, 2.45) is 5.92 Å². The van der Waals surface area contributed by atoms with Crippen molar-refractivity contribution in [3.63, 3.8) is 0 Å². The molecule has 1 aliphatic heterocycles. The molecular weight excluding hydrogens is 229 g/mol. The van der Waals surface area contributed by atoms with Gasteiger partial charge < -0.3 is 10.2 Å². The molecule has 0 bridgehead atoms. The fourth-order valence-electron chi connectivity index (χ4n) is 2.24. The van der Waals surface area contributed by atoms with Crippen LogP contribution in [0.5, 0.6) is 0 Å². The predicted octanol–water partition coefficient (Wildman–Crippen LogP) is 2.45. The van der Waals surface area contributed by atoms with Gasteiger partial charge in [0.25, 0.3) is 0 Å². The summed E-state index contributed by atoms with van der Waals surface area (Å²) in [6.07, 6.45) is 2.37. The topological polar surface area (TPSA) is 39.1 Å². The summed E-state index contributed by atoms with van der Waals surface area (Å²) in [5.74, 6) is 0.200. The molecule has 0 aliphatic carbocycles. The number of halogens is 1. The maximum atomic E-state index is 13.4. The lowest BCUT2D eigenvalue weighted by molar-refractivity contribution is 0.226. The SMILES string of the molecule is CN1CCC(CNc2ccc(C#N)c(F)c2)CC1. The Morgan fingerprint density at radius 2 is 2.17 bits per heavy atom. The van der Waals surface area contributed by atoms with Crippen molar-refractivity contribution in [3.8, 4) is 6.07 Å². The van der Waals surface area contributed by atoms with Crippen LogP contribution in [0.1, 0.15) is 18.4 Å². The van der Waals surface area contributed by atoms with Gasteiger partial charge in [-0.1, -0.05) is 0 Å². The van der Waals surface area contributed by atoms with Crippen molar-refractivity contribution in [1.29, 1.82) is 5.26 Å². The summed E-state index contributed by atoms with van der Waals surface area (Å²) in [7, 11) is 2.14. The summed E-state index contributed by atoms with van der Waals surface area (Å²) >= 11 is 0. The Labute approximate surface area is 107 Å². The number of piperidine rings is 1. The van der Waals surface area contributed by atoms with E-state index in [1.54, 1.807) is 6.07 Å². The van der Waals surface area contributed by atoms with Crippen LogP contribution in [0, 0.1) is 23.1 Å². The molecule has 0 spiro atoms. The first-order chi connectivity index (χ1) is 8.69. The average molecular weight is 247 g/mol. The molecule has 4 heteroatoms. The van der Waals surface area contributed by atoms with Crippen LogP contribution < -0.4 is 5.32 Å². The van der Waals surface area contributed by atoms with Crippen LogP contribution in [0.3, 0.4) is 0 Å². The van der Waals surface area contributed by atoms with Gasteiger partial charge in [0.1, 0.15) is 11.9 Å². The maximum Gasteiger partial charge on any atom is 0.143 e. The van der Waals surface area contributed by atoms with Crippen LogP contribution in [0.2, 0.25) is 0 Å². The Balaban J connectivity index is 1.87. The van der Waals surface area contributed by atoms with Gasteiger partial charge in [-0.25, -0.2) is 4.39 Å². The summed E-state index contributed by atoms with van der Waals surface area (Å²) in [5.41, 5.74) is 0.852. The van der Waals surface area contributed by atoms with Crippen LogP contribution >= 0.6 is 0 Å². The van der Waals surface area contributed by atoms with E-state index in [4.69, 9.17) is 5.26 Å². The fraction of sp³-hybridized carbons (Fsp3) is 0.500. The van der Waals surface area contributed by atoms with E-state index in [-0.39, 0.29) is 5.56 Å². The zero-order valence-electron chi connectivity index (χ0n) is 10.6. The lowest BCUT2D eigenvalue weighted by Gasteiger charge is -2.29. The summed E-state index contributed by atoms with van der Waals surface area (Å²) in [5, 5.41) is 11.9. The fourth-order valence-corrected chi connectivity index (χ4v) is 2.24. The van der Waals surface area contributed by atoms with E-state index in [1.165, 1.54) is 25.0 Å². The van der Waals surface area contributed by atoms with Crippen LogP contribution in [-0.2, 0) is 0 Å². The van der Waals surface area contributed by atoms with Gasteiger partial charge in [-0.15, -0.1) is 0 Å². The number of nitriles is 1. The van der Waals surface area contributed by atoms with E-state index in [9.17, 15) is 4.39 Å². The molecule has 0 saturated carbocycles. The monoisotopic (exact) mass is 247 g/mol. The lowest BCUT2D eigenvalue weighted by Crippen LogP contribution is -2.32. The van der Waals surface area contributed by atoms with E-state index >= 15 is 0 Å². The molecular formula is C14H18FN3. The second-order valence-electron chi connectivity index (χ2n) is 4.93. The molecule has 0 aromatic heterocycles. The van der Waals surface area contributed by atoms with E-state index in [0.29, 0.717) is 5.92 Å². The lowest BCUT2D eigenvalue weighted by atomic mass is 9.97. The molecule has 2 rings (SSSR count). The first-order valence-electron chi connectivity index (χ1n) is 6.31. The minimum absolute atomic E-state index is 0.0971. The predicted molar refractivity (Wildman–Crippen MR) is 69.8 cm³/mol. The number of nitrogens with zero attached hydrogens (tertiary/aromatic N) is 2. The zero-order chi connectivity index (χ0) is 13.0. The average Bonchev–Trinajstić information content (AvgIpc) is 2.38. The van der Waals surface area contributed by atoms with E-state index in [0.717, 1.165) is 25.3 Å². The van der Waals surface area contributed by atoms with Gasteiger partial charge in [0.2, 0.25) is 0 Å². The molecule has 1 aliphatic rings. The molecule has 0 unspecified atom stereocenters. The number of likely N-dealkylation sites (tertiary alicyclic amines) is 1. The highest BCUT2D eigenvalue weighted by Crippen LogP contribution is 2.18. The molecule has 1 heterocycles. The third-order valence-electron chi connectivity index (χ3n) is 3.52. The standard InChI is InChI=1S/C14H18FN3/c1-18-6-4-11(5-7-18)10-17-13-3-2-12(9-16)14(15)8-13/h2-3,8,11,17H,4-7,10H2,1H3. The Kier molecular flexibility index (Phi) is 4.16. The van der Waals surface area contributed by atoms with Gasteiger partial charge in [-0.05, 0) is 57.1 Å². The van der Waals surface area contributed by atoms with Crippen molar-refractivity contribution >= 4 is 5.69 Å². The Morgan fingerprint density at radius 3 is 2.78 bits per heavy atom. The summed E-state index contributed by atoms with van der Waals surface area (Å²) in [6, 6.07) is 6.50. The van der Waals surface area contributed by atoms with Crippen molar-refractivity contribution in [2.75, 3.05) is 32.0 Å². The minimum Gasteiger partial charge on any atom is -0.385 e. The molecule has 0 amide bonds. The highest BCUT2D eigenvalue weighted by atomic mass is 19.1. The molecule has 18 heavy (non-hydrogen) atoms. The number of hydrogen-bond acceptors (Lipinski definition) is 3. The first kappa shape index (κ1) is 12.8. The Bertz CT molecular complexity index is 445. The number of hydrogen-bond donors (Lipinski definition) is 1. The molecule has 1 aromatic carbocycles. The normalized spacial score (nSPS) is 17.4. The van der Waals surface area contributed by atoms with Crippen LogP contribution in [0.25, 0.3) is 0 Å². The molecule has 1 fully saturated rings. The Morgan fingerprint density at radius 1 is 1.44 bits per heavy atom. The van der Waals surface area contributed by atoms with E-state index < -0.39 is 5.82 Å². The van der Waals surface area contributed by atoms with Gasteiger partial charge >= 0.3 is 0 Å². The van der Waals surface area contributed by atoms with E-state index in [1.807, 2.05) is 6.07 Å². The summed E-state index contributed by atoms with van der Waals surface area (Å²) < 4.78 is 13.4. The molecule has 0 atom stereocenters. The molecule has 1 saturated heterocycles.